The molecule has 1 aromatic carbocycles. The fourth-order valence-electron chi connectivity index (χ4n) is 1.52. The number of hydrogen-bond donors (Lipinski definition) is 0. The summed E-state index contributed by atoms with van der Waals surface area (Å²) in [6, 6.07) is 9.73. The van der Waals surface area contributed by atoms with Gasteiger partial charge in [0.05, 0.1) is 12.8 Å². The van der Waals surface area contributed by atoms with Gasteiger partial charge in [-0.25, -0.2) is 9.97 Å². The van der Waals surface area contributed by atoms with E-state index in [2.05, 4.69) is 9.97 Å². The average molecular weight is 238 g/mol. The fraction of sp³-hybridized carbons (Fsp3) is 0.0667. The van der Waals surface area contributed by atoms with E-state index in [9.17, 15) is 0 Å². The highest BCUT2D eigenvalue weighted by Crippen LogP contribution is 2.18. The Labute approximate surface area is 106 Å². The Hall–Kier alpha value is -2.42. The van der Waals surface area contributed by atoms with Crippen molar-refractivity contribution in [1.29, 1.82) is 0 Å². The van der Waals surface area contributed by atoms with Crippen molar-refractivity contribution in [2.45, 2.75) is 0 Å². The number of nitrogens with zero attached hydrogens (tertiary/aromatic N) is 2. The molecule has 0 atom stereocenters. The average Bonchev–Trinajstić information content (AvgIpc) is 2.45. The van der Waals surface area contributed by atoms with Gasteiger partial charge in [0.1, 0.15) is 12.1 Å². The smallest absolute Gasteiger partial charge is 0.126 e. The molecule has 3 heteroatoms. The van der Waals surface area contributed by atoms with Crippen LogP contribution in [0, 0.1) is 0 Å². The minimum Gasteiger partial charge on any atom is -0.496 e. The Morgan fingerprint density at radius 1 is 1.06 bits per heavy atom. The Morgan fingerprint density at radius 2 is 1.89 bits per heavy atom. The second-order valence-electron chi connectivity index (χ2n) is 3.59. The summed E-state index contributed by atoms with van der Waals surface area (Å²) in [5, 5.41) is 0. The van der Waals surface area contributed by atoms with Gasteiger partial charge in [0.2, 0.25) is 0 Å². The molecular formula is C15H14N2O. The Bertz CT molecular complexity index is 547. The third-order valence-electron chi connectivity index (χ3n) is 2.40. The van der Waals surface area contributed by atoms with Crippen molar-refractivity contribution < 1.29 is 4.74 Å². The number of para-hydroxylation sites is 1. The molecule has 0 bridgehead atoms. The molecule has 0 aliphatic carbocycles. The molecule has 90 valence electrons. The van der Waals surface area contributed by atoms with Crippen molar-refractivity contribution in [2.24, 2.45) is 0 Å². The number of hydrogen-bond acceptors (Lipinski definition) is 3. The van der Waals surface area contributed by atoms with Gasteiger partial charge >= 0.3 is 0 Å². The Kier molecular flexibility index (Phi) is 4.25. The van der Waals surface area contributed by atoms with Crippen molar-refractivity contribution in [3.8, 4) is 5.75 Å². The number of aromatic nitrogens is 2. The third kappa shape index (κ3) is 3.28. The first kappa shape index (κ1) is 12.0. The molecule has 0 aliphatic heterocycles. The highest BCUT2D eigenvalue weighted by molar-refractivity contribution is 5.60. The summed E-state index contributed by atoms with van der Waals surface area (Å²) in [5.74, 6) is 0.865. The molecule has 0 fully saturated rings. The monoisotopic (exact) mass is 238 g/mol. The molecule has 2 rings (SSSR count). The van der Waals surface area contributed by atoms with Gasteiger partial charge in [0, 0.05) is 11.8 Å². The highest BCUT2D eigenvalue weighted by atomic mass is 16.5. The van der Waals surface area contributed by atoms with Crippen LogP contribution in [0.1, 0.15) is 11.3 Å². The van der Waals surface area contributed by atoms with Gasteiger partial charge in [0.15, 0.2) is 0 Å². The Morgan fingerprint density at radius 3 is 2.67 bits per heavy atom. The van der Waals surface area contributed by atoms with Crippen molar-refractivity contribution in [3.05, 3.63) is 66.3 Å². The predicted molar refractivity (Wildman–Crippen MR) is 73.1 cm³/mol. The summed E-state index contributed by atoms with van der Waals surface area (Å²) in [4.78, 5) is 7.96. The zero-order valence-electron chi connectivity index (χ0n) is 10.2. The minimum atomic E-state index is 0.865. The molecule has 0 N–H and O–H groups in total. The van der Waals surface area contributed by atoms with E-state index in [-0.39, 0.29) is 0 Å². The summed E-state index contributed by atoms with van der Waals surface area (Å²) in [5.41, 5.74) is 1.93. The molecule has 0 aliphatic rings. The van der Waals surface area contributed by atoms with Crippen molar-refractivity contribution >= 4 is 12.2 Å². The summed E-state index contributed by atoms with van der Waals surface area (Å²) in [7, 11) is 1.67. The van der Waals surface area contributed by atoms with Crippen LogP contribution in [0.25, 0.3) is 12.2 Å². The standard InChI is InChI=1S/C15H14N2O/c1-18-15-9-5-3-7-13(15)6-2-4-8-14-10-11-16-12-17-14/h2-12H,1H3/b6-2+,8-4+. The van der Waals surface area contributed by atoms with Crippen molar-refractivity contribution in [3.63, 3.8) is 0 Å². The maximum Gasteiger partial charge on any atom is 0.126 e. The summed E-state index contributed by atoms with van der Waals surface area (Å²) < 4.78 is 5.26. The lowest BCUT2D eigenvalue weighted by Gasteiger charge is -2.02. The van der Waals surface area contributed by atoms with Gasteiger partial charge in [-0.3, -0.25) is 0 Å². The van der Waals surface area contributed by atoms with E-state index < -0.39 is 0 Å². The van der Waals surface area contributed by atoms with E-state index in [1.807, 2.05) is 54.6 Å². The fourth-order valence-corrected chi connectivity index (χ4v) is 1.52. The molecule has 0 saturated heterocycles. The second kappa shape index (κ2) is 6.35. The molecule has 0 amide bonds. The van der Waals surface area contributed by atoms with Crippen molar-refractivity contribution in [1.82, 2.24) is 9.97 Å². The summed E-state index contributed by atoms with van der Waals surface area (Å²) in [6.45, 7) is 0. The molecule has 1 aromatic heterocycles. The molecule has 0 spiro atoms. The van der Waals surface area contributed by atoms with Gasteiger partial charge < -0.3 is 4.74 Å². The molecule has 18 heavy (non-hydrogen) atoms. The summed E-state index contributed by atoms with van der Waals surface area (Å²) in [6.07, 6.45) is 11.1. The maximum absolute atomic E-state index is 5.26. The number of allylic oxidation sites excluding steroid dienone is 2. The molecule has 0 radical (unpaired) electrons. The van der Waals surface area contributed by atoms with Crippen LogP contribution in [0.5, 0.6) is 5.75 Å². The first-order valence-electron chi connectivity index (χ1n) is 5.64. The number of ether oxygens (including phenoxy) is 1. The van der Waals surface area contributed by atoms with E-state index in [4.69, 9.17) is 4.74 Å². The van der Waals surface area contributed by atoms with Crippen LogP contribution < -0.4 is 4.74 Å². The topological polar surface area (TPSA) is 35.0 Å². The molecule has 3 nitrogen and oxygen atoms in total. The van der Waals surface area contributed by atoms with Gasteiger partial charge in [0.25, 0.3) is 0 Å². The van der Waals surface area contributed by atoms with Crippen LogP contribution in [0.4, 0.5) is 0 Å². The van der Waals surface area contributed by atoms with E-state index in [1.54, 1.807) is 13.3 Å². The first-order valence-corrected chi connectivity index (χ1v) is 5.64. The zero-order valence-corrected chi connectivity index (χ0v) is 10.2. The highest BCUT2D eigenvalue weighted by Gasteiger charge is 1.94. The quantitative estimate of drug-likeness (QED) is 0.767. The van der Waals surface area contributed by atoms with Gasteiger partial charge in [-0.05, 0) is 18.2 Å². The Balaban J connectivity index is 2.06. The van der Waals surface area contributed by atoms with Crippen LogP contribution in [0.2, 0.25) is 0 Å². The summed E-state index contributed by atoms with van der Waals surface area (Å²) >= 11 is 0. The van der Waals surface area contributed by atoms with Gasteiger partial charge in [-0.1, -0.05) is 36.4 Å². The molecule has 1 heterocycles. The maximum atomic E-state index is 5.26. The van der Waals surface area contributed by atoms with Gasteiger partial charge in [-0.2, -0.15) is 0 Å². The van der Waals surface area contributed by atoms with Crippen LogP contribution in [0.3, 0.4) is 0 Å². The predicted octanol–water partition coefficient (Wildman–Crippen LogP) is 3.21. The van der Waals surface area contributed by atoms with Crippen LogP contribution in [0.15, 0.2) is 55.0 Å². The van der Waals surface area contributed by atoms with Crippen LogP contribution >= 0.6 is 0 Å². The van der Waals surface area contributed by atoms with Crippen molar-refractivity contribution in [2.75, 3.05) is 7.11 Å². The number of methoxy groups -OCH3 is 1. The zero-order chi connectivity index (χ0) is 12.6. The molecule has 2 aromatic rings. The lowest BCUT2D eigenvalue weighted by Crippen LogP contribution is -1.85. The normalized spacial score (nSPS) is 11.2. The second-order valence-corrected chi connectivity index (χ2v) is 3.59. The minimum absolute atomic E-state index is 0.865. The molecule has 0 saturated carbocycles. The van der Waals surface area contributed by atoms with E-state index in [0.29, 0.717) is 0 Å². The van der Waals surface area contributed by atoms with E-state index in [0.717, 1.165) is 17.0 Å². The van der Waals surface area contributed by atoms with Gasteiger partial charge in [-0.15, -0.1) is 0 Å². The van der Waals surface area contributed by atoms with E-state index in [1.165, 1.54) is 6.33 Å². The number of benzene rings is 1. The largest absolute Gasteiger partial charge is 0.496 e. The molecular weight excluding hydrogens is 224 g/mol. The van der Waals surface area contributed by atoms with Crippen LogP contribution in [-0.4, -0.2) is 17.1 Å². The lowest BCUT2D eigenvalue weighted by atomic mass is 10.2. The SMILES string of the molecule is COc1ccccc1/C=C/C=C/c1ccncn1. The molecule has 0 unspecified atom stereocenters. The number of rotatable bonds is 4. The lowest BCUT2D eigenvalue weighted by molar-refractivity contribution is 0.414. The third-order valence-corrected chi connectivity index (χ3v) is 2.40. The van der Waals surface area contributed by atoms with Crippen LogP contribution in [-0.2, 0) is 0 Å². The first-order chi connectivity index (χ1) is 8.90. The van der Waals surface area contributed by atoms with E-state index >= 15 is 0 Å².